The van der Waals surface area contributed by atoms with E-state index >= 15 is 0 Å². The van der Waals surface area contributed by atoms with E-state index in [1.54, 1.807) is 12.4 Å². The second kappa shape index (κ2) is 4.19. The van der Waals surface area contributed by atoms with Crippen LogP contribution in [0.4, 0.5) is 0 Å². The summed E-state index contributed by atoms with van der Waals surface area (Å²) in [7, 11) is 1.98. The molecule has 0 aliphatic rings. The first-order valence-corrected chi connectivity index (χ1v) is 5.71. The van der Waals surface area contributed by atoms with E-state index in [0.717, 1.165) is 28.0 Å². The summed E-state index contributed by atoms with van der Waals surface area (Å²) in [6, 6.07) is 6.03. The normalized spacial score (nSPS) is 11.0. The van der Waals surface area contributed by atoms with Gasteiger partial charge in [0, 0.05) is 26.0 Å². The topological polar surface area (TPSA) is 69.6 Å². The molecule has 0 amide bonds. The highest BCUT2D eigenvalue weighted by Crippen LogP contribution is 2.24. The van der Waals surface area contributed by atoms with Gasteiger partial charge in [-0.15, -0.1) is 0 Å². The number of rotatable bonds is 2. The minimum Gasteiger partial charge on any atom is -0.327 e. The number of hydrogen-bond donors (Lipinski definition) is 1. The number of para-hydroxylation sites is 1. The highest BCUT2D eigenvalue weighted by atomic mass is 15.1. The van der Waals surface area contributed by atoms with Crippen molar-refractivity contribution >= 4 is 11.0 Å². The number of aromatic nitrogens is 4. The third-order valence-electron chi connectivity index (χ3n) is 3.03. The van der Waals surface area contributed by atoms with Gasteiger partial charge in [-0.3, -0.25) is 0 Å². The van der Waals surface area contributed by atoms with Crippen LogP contribution in [0.1, 0.15) is 5.56 Å². The van der Waals surface area contributed by atoms with Crippen LogP contribution >= 0.6 is 0 Å². The summed E-state index contributed by atoms with van der Waals surface area (Å²) in [5, 5.41) is 0. The van der Waals surface area contributed by atoms with Crippen LogP contribution in [0.2, 0.25) is 0 Å². The van der Waals surface area contributed by atoms with E-state index in [1.165, 1.54) is 6.33 Å². The lowest BCUT2D eigenvalue weighted by atomic mass is 10.2. The Balaban J connectivity index is 2.29. The van der Waals surface area contributed by atoms with Crippen LogP contribution < -0.4 is 5.73 Å². The van der Waals surface area contributed by atoms with Gasteiger partial charge in [0.1, 0.15) is 12.2 Å². The number of aryl methyl sites for hydroxylation is 1. The standard InChI is InChI=1S/C13H13N5/c1-18-11-4-2-3-9(5-14)12(11)17-13(18)10-6-15-8-16-7-10/h2-4,6-8H,5,14H2,1H3. The Morgan fingerprint density at radius 3 is 2.72 bits per heavy atom. The maximum atomic E-state index is 5.74. The van der Waals surface area contributed by atoms with Gasteiger partial charge in [-0.05, 0) is 11.6 Å². The molecule has 5 nitrogen and oxygen atoms in total. The van der Waals surface area contributed by atoms with Crippen LogP contribution in [-0.4, -0.2) is 19.5 Å². The summed E-state index contributed by atoms with van der Waals surface area (Å²) in [4.78, 5) is 12.7. The lowest BCUT2D eigenvalue weighted by Gasteiger charge is -2.01. The number of fused-ring (bicyclic) bond motifs is 1. The first-order valence-electron chi connectivity index (χ1n) is 5.71. The van der Waals surface area contributed by atoms with Gasteiger partial charge in [-0.2, -0.15) is 0 Å². The Kier molecular flexibility index (Phi) is 2.53. The number of hydrogen-bond acceptors (Lipinski definition) is 4. The van der Waals surface area contributed by atoms with Crippen LogP contribution in [0.3, 0.4) is 0 Å². The molecule has 0 fully saturated rings. The molecule has 0 saturated carbocycles. The highest BCUT2D eigenvalue weighted by molar-refractivity contribution is 5.83. The smallest absolute Gasteiger partial charge is 0.144 e. The molecule has 3 rings (SSSR count). The van der Waals surface area contributed by atoms with Crippen molar-refractivity contribution < 1.29 is 0 Å². The number of nitrogens with zero attached hydrogens (tertiary/aromatic N) is 4. The second-order valence-corrected chi connectivity index (χ2v) is 4.11. The molecule has 0 radical (unpaired) electrons. The van der Waals surface area contributed by atoms with Crippen molar-refractivity contribution in [2.45, 2.75) is 6.54 Å². The summed E-state index contributed by atoms with van der Waals surface area (Å²) in [5.41, 5.74) is 9.70. The third-order valence-corrected chi connectivity index (χ3v) is 3.03. The SMILES string of the molecule is Cn1c(-c2cncnc2)nc2c(CN)cccc21. The molecule has 0 aliphatic heterocycles. The molecule has 5 heteroatoms. The first-order chi connectivity index (χ1) is 8.81. The van der Waals surface area contributed by atoms with E-state index in [-0.39, 0.29) is 0 Å². The summed E-state index contributed by atoms with van der Waals surface area (Å²) in [6.45, 7) is 0.485. The predicted molar refractivity (Wildman–Crippen MR) is 69.6 cm³/mol. The van der Waals surface area contributed by atoms with Crippen LogP contribution in [0.25, 0.3) is 22.4 Å². The number of benzene rings is 1. The summed E-state index contributed by atoms with van der Waals surface area (Å²) < 4.78 is 2.03. The average Bonchev–Trinajstić information content (AvgIpc) is 2.77. The number of nitrogens with two attached hydrogens (primary N) is 1. The molecule has 0 spiro atoms. The molecule has 0 aliphatic carbocycles. The van der Waals surface area contributed by atoms with E-state index in [9.17, 15) is 0 Å². The molecule has 18 heavy (non-hydrogen) atoms. The molecular formula is C13H13N5. The van der Waals surface area contributed by atoms with Crippen molar-refractivity contribution in [2.75, 3.05) is 0 Å². The Bertz CT molecular complexity index is 687. The molecule has 0 unspecified atom stereocenters. The fourth-order valence-corrected chi connectivity index (χ4v) is 2.11. The maximum absolute atomic E-state index is 5.74. The summed E-state index contributed by atoms with van der Waals surface area (Å²) >= 11 is 0. The van der Waals surface area contributed by atoms with Gasteiger partial charge in [0.05, 0.1) is 16.6 Å². The largest absolute Gasteiger partial charge is 0.327 e. The summed E-state index contributed by atoms with van der Waals surface area (Å²) in [5.74, 6) is 0.853. The van der Waals surface area contributed by atoms with Gasteiger partial charge in [-0.25, -0.2) is 15.0 Å². The van der Waals surface area contributed by atoms with Crippen molar-refractivity contribution in [2.24, 2.45) is 12.8 Å². The van der Waals surface area contributed by atoms with Crippen molar-refractivity contribution in [3.63, 3.8) is 0 Å². The molecule has 1 aromatic carbocycles. The molecule has 2 N–H and O–H groups in total. The van der Waals surface area contributed by atoms with Crippen molar-refractivity contribution in [3.8, 4) is 11.4 Å². The van der Waals surface area contributed by atoms with Crippen molar-refractivity contribution in [1.82, 2.24) is 19.5 Å². The average molecular weight is 239 g/mol. The molecule has 90 valence electrons. The van der Waals surface area contributed by atoms with Crippen LogP contribution in [0, 0.1) is 0 Å². The van der Waals surface area contributed by atoms with Crippen LogP contribution in [0.5, 0.6) is 0 Å². The Morgan fingerprint density at radius 2 is 2.00 bits per heavy atom. The maximum Gasteiger partial charge on any atom is 0.144 e. The Hall–Kier alpha value is -2.27. The molecule has 0 atom stereocenters. The van der Waals surface area contributed by atoms with Crippen molar-refractivity contribution in [1.29, 1.82) is 0 Å². The lowest BCUT2D eigenvalue weighted by Crippen LogP contribution is -1.97. The quantitative estimate of drug-likeness (QED) is 0.735. The van der Waals surface area contributed by atoms with Gasteiger partial charge in [0.2, 0.25) is 0 Å². The highest BCUT2D eigenvalue weighted by Gasteiger charge is 2.12. The van der Waals surface area contributed by atoms with Gasteiger partial charge < -0.3 is 10.3 Å². The zero-order chi connectivity index (χ0) is 12.5. The molecular weight excluding hydrogens is 226 g/mol. The lowest BCUT2D eigenvalue weighted by molar-refractivity contribution is 0.954. The second-order valence-electron chi connectivity index (χ2n) is 4.11. The minimum atomic E-state index is 0.485. The Labute approximate surface area is 104 Å². The first kappa shape index (κ1) is 10.9. The van der Waals surface area contributed by atoms with E-state index in [0.29, 0.717) is 6.54 Å². The van der Waals surface area contributed by atoms with Gasteiger partial charge >= 0.3 is 0 Å². The zero-order valence-electron chi connectivity index (χ0n) is 10.0. The molecule has 3 aromatic rings. The number of imidazole rings is 1. The minimum absolute atomic E-state index is 0.485. The molecule has 0 saturated heterocycles. The van der Waals surface area contributed by atoms with E-state index in [2.05, 4.69) is 15.0 Å². The van der Waals surface area contributed by atoms with E-state index < -0.39 is 0 Å². The van der Waals surface area contributed by atoms with Gasteiger partial charge in [-0.1, -0.05) is 12.1 Å². The zero-order valence-corrected chi connectivity index (χ0v) is 10.0. The van der Waals surface area contributed by atoms with E-state index in [1.807, 2.05) is 29.8 Å². The fraction of sp³-hybridized carbons (Fsp3) is 0.154. The van der Waals surface area contributed by atoms with Crippen molar-refractivity contribution in [3.05, 3.63) is 42.5 Å². The van der Waals surface area contributed by atoms with Crippen LogP contribution in [-0.2, 0) is 13.6 Å². The van der Waals surface area contributed by atoms with E-state index in [4.69, 9.17) is 5.73 Å². The predicted octanol–water partition coefficient (Wildman–Crippen LogP) is 1.49. The molecule has 0 bridgehead atoms. The van der Waals surface area contributed by atoms with Crippen LogP contribution in [0.15, 0.2) is 36.9 Å². The van der Waals surface area contributed by atoms with Gasteiger partial charge in [0.25, 0.3) is 0 Å². The Morgan fingerprint density at radius 1 is 1.22 bits per heavy atom. The monoisotopic (exact) mass is 239 g/mol. The summed E-state index contributed by atoms with van der Waals surface area (Å²) in [6.07, 6.45) is 5.03. The molecule has 2 heterocycles. The molecule has 2 aromatic heterocycles. The fourth-order valence-electron chi connectivity index (χ4n) is 2.11. The van der Waals surface area contributed by atoms with Gasteiger partial charge in [0.15, 0.2) is 0 Å². The third kappa shape index (κ3) is 1.56.